The number of H-pyrrole nitrogens is 1. The van der Waals surface area contributed by atoms with Crippen LogP contribution in [0.5, 0.6) is 0 Å². The van der Waals surface area contributed by atoms with E-state index in [9.17, 15) is 0 Å². The van der Waals surface area contributed by atoms with Crippen molar-refractivity contribution in [2.45, 2.75) is 11.1 Å². The molecule has 0 spiro atoms. The van der Waals surface area contributed by atoms with Gasteiger partial charge in [0.1, 0.15) is 11.1 Å². The molecule has 0 aliphatic carbocycles. The third-order valence-electron chi connectivity index (χ3n) is 0.995. The largest absolute Gasteiger partial charge is 0.394 e. The maximum Gasteiger partial charge on any atom is 0.101 e. The highest BCUT2D eigenvalue weighted by molar-refractivity contribution is 8.68. The molecule has 4 N–H and O–H groups in total. The monoisotopic (exact) mass is 224 g/mol. The minimum atomic E-state index is -0.954. The summed E-state index contributed by atoms with van der Waals surface area (Å²) in [6.07, 6.45) is 0.739. The van der Waals surface area contributed by atoms with Crippen LogP contribution >= 0.6 is 22.5 Å². The number of aliphatic hydroxyl groups is 3. The number of thiol groups is 1. The number of aromatic nitrogens is 2. The summed E-state index contributed by atoms with van der Waals surface area (Å²) in [6.45, 7) is -0.729. The Hall–Kier alpha value is -0.210. The third kappa shape index (κ3) is 6.91. The van der Waals surface area contributed by atoms with Crippen molar-refractivity contribution >= 4 is 22.5 Å². The summed E-state index contributed by atoms with van der Waals surface area (Å²) >= 11 is 3.92. The van der Waals surface area contributed by atoms with Gasteiger partial charge in [0.15, 0.2) is 0 Å². The van der Waals surface area contributed by atoms with E-state index in [1.807, 2.05) is 6.07 Å². The lowest BCUT2D eigenvalue weighted by Gasteiger charge is -1.96. The second-order valence-electron chi connectivity index (χ2n) is 2.03. The van der Waals surface area contributed by atoms with E-state index >= 15 is 0 Å². The van der Waals surface area contributed by atoms with Crippen LogP contribution in [0.1, 0.15) is 0 Å². The van der Waals surface area contributed by atoms with E-state index in [0.717, 1.165) is 5.03 Å². The Balaban J connectivity index is 0.000000226. The molecule has 0 aliphatic rings. The fourth-order valence-electron chi connectivity index (χ4n) is 0.352. The fourth-order valence-corrected chi connectivity index (χ4v) is 0.872. The molecule has 0 saturated carbocycles. The molecule has 0 aromatic carbocycles. The summed E-state index contributed by atoms with van der Waals surface area (Å²) in [6, 6.07) is 1.86. The molecule has 1 heterocycles. The number of hydrogen-bond donors (Lipinski definition) is 5. The van der Waals surface area contributed by atoms with Gasteiger partial charge in [0, 0.05) is 6.20 Å². The highest BCUT2D eigenvalue weighted by Crippen LogP contribution is 2.16. The highest BCUT2D eigenvalue weighted by atomic mass is 33.1. The van der Waals surface area contributed by atoms with Crippen molar-refractivity contribution in [1.29, 1.82) is 0 Å². The molecule has 0 saturated heterocycles. The summed E-state index contributed by atoms with van der Waals surface area (Å²) in [5.41, 5.74) is 0. The van der Waals surface area contributed by atoms with Crippen molar-refractivity contribution < 1.29 is 15.3 Å². The highest BCUT2D eigenvalue weighted by Gasteiger charge is 1.93. The van der Waals surface area contributed by atoms with Crippen LogP contribution in [0.3, 0.4) is 0 Å². The smallest absolute Gasteiger partial charge is 0.101 e. The standard InChI is InChI=1S/C3H4N2S2.C3H8O3/c6-7-3-1-2-4-5-3;4-1-3(6)2-5/h1-2,6H,(H,4,5);3-6H,1-2H2. The zero-order valence-corrected chi connectivity index (χ0v) is 8.50. The molecule has 1 rings (SSSR count). The van der Waals surface area contributed by atoms with Crippen LogP contribution in [0.2, 0.25) is 0 Å². The minimum absolute atomic E-state index is 0.365. The van der Waals surface area contributed by atoms with Crippen LogP contribution in [0.4, 0.5) is 0 Å². The van der Waals surface area contributed by atoms with Crippen LogP contribution < -0.4 is 0 Å². The molecule has 1 aromatic rings. The predicted octanol–water partition coefficient (Wildman–Crippen LogP) is -0.322. The first-order chi connectivity index (χ1) is 6.24. The van der Waals surface area contributed by atoms with Gasteiger partial charge in [-0.15, -0.1) is 11.7 Å². The fraction of sp³-hybridized carbons (Fsp3) is 0.500. The van der Waals surface area contributed by atoms with Gasteiger partial charge in [-0.1, -0.05) is 0 Å². The first-order valence-electron chi connectivity index (χ1n) is 3.45. The molecule has 0 bridgehead atoms. The van der Waals surface area contributed by atoms with Crippen LogP contribution in [0.25, 0.3) is 0 Å². The number of rotatable bonds is 3. The molecule has 0 amide bonds. The summed E-state index contributed by atoms with van der Waals surface area (Å²) in [5, 5.41) is 31.4. The third-order valence-corrected chi connectivity index (χ3v) is 2.01. The lowest BCUT2D eigenvalue weighted by Crippen LogP contribution is -2.15. The van der Waals surface area contributed by atoms with Gasteiger partial charge in [0.2, 0.25) is 0 Å². The molecule has 0 aliphatic heterocycles. The van der Waals surface area contributed by atoms with Gasteiger partial charge in [0.25, 0.3) is 0 Å². The zero-order chi connectivity index (χ0) is 10.1. The van der Waals surface area contributed by atoms with Gasteiger partial charge < -0.3 is 15.3 Å². The molecule has 0 fully saturated rings. The van der Waals surface area contributed by atoms with E-state index in [0.29, 0.717) is 0 Å². The number of aromatic amines is 1. The van der Waals surface area contributed by atoms with Crippen molar-refractivity contribution in [3.63, 3.8) is 0 Å². The van der Waals surface area contributed by atoms with Crippen molar-refractivity contribution in [2.24, 2.45) is 0 Å². The second kappa shape index (κ2) is 8.39. The SMILES string of the molecule is OCC(O)CO.SSc1ccn[nH]1. The first kappa shape index (κ1) is 12.8. The van der Waals surface area contributed by atoms with Crippen LogP contribution in [-0.2, 0) is 0 Å². The molecule has 13 heavy (non-hydrogen) atoms. The average molecular weight is 224 g/mol. The lowest BCUT2D eigenvalue weighted by molar-refractivity contribution is 0.0450. The number of nitrogens with one attached hydrogen (secondary N) is 1. The van der Waals surface area contributed by atoms with Crippen molar-refractivity contribution in [3.8, 4) is 0 Å². The van der Waals surface area contributed by atoms with Crippen molar-refractivity contribution in [2.75, 3.05) is 13.2 Å². The van der Waals surface area contributed by atoms with Gasteiger partial charge >= 0.3 is 0 Å². The Bertz CT molecular complexity index is 192. The summed E-state index contributed by atoms with van der Waals surface area (Å²) in [7, 11) is 1.35. The van der Waals surface area contributed by atoms with Crippen LogP contribution in [0.15, 0.2) is 17.3 Å². The molecular weight excluding hydrogens is 212 g/mol. The van der Waals surface area contributed by atoms with E-state index in [-0.39, 0.29) is 13.2 Å². The normalized spacial score (nSPS) is 9.62. The maximum atomic E-state index is 8.17. The Labute approximate surface area is 85.0 Å². The molecule has 5 nitrogen and oxygen atoms in total. The van der Waals surface area contributed by atoms with Crippen LogP contribution in [0, 0.1) is 0 Å². The number of hydrogen-bond acceptors (Lipinski definition) is 6. The van der Waals surface area contributed by atoms with Crippen LogP contribution in [-0.4, -0.2) is 44.8 Å². The number of aliphatic hydroxyl groups excluding tert-OH is 3. The van der Waals surface area contributed by atoms with Gasteiger partial charge in [-0.05, 0) is 16.9 Å². The molecular formula is C6H12N2O3S2. The average Bonchev–Trinajstić information content (AvgIpc) is 2.70. The summed E-state index contributed by atoms with van der Waals surface area (Å²) in [5.74, 6) is 0. The van der Waals surface area contributed by atoms with Crippen molar-refractivity contribution in [1.82, 2.24) is 10.2 Å². The first-order valence-corrected chi connectivity index (χ1v) is 5.32. The molecule has 76 valence electrons. The molecule has 0 unspecified atom stereocenters. The Kier molecular flexibility index (Phi) is 8.26. The van der Waals surface area contributed by atoms with Gasteiger partial charge in [-0.3, -0.25) is 5.10 Å². The van der Waals surface area contributed by atoms with Gasteiger partial charge in [-0.2, -0.15) is 5.10 Å². The molecule has 0 radical (unpaired) electrons. The predicted molar refractivity (Wildman–Crippen MR) is 53.6 cm³/mol. The zero-order valence-electron chi connectivity index (χ0n) is 6.79. The minimum Gasteiger partial charge on any atom is -0.394 e. The Morgan fingerprint density at radius 1 is 1.54 bits per heavy atom. The van der Waals surface area contributed by atoms with E-state index in [1.165, 1.54) is 10.8 Å². The quantitative estimate of drug-likeness (QED) is 0.359. The Morgan fingerprint density at radius 2 is 2.15 bits per heavy atom. The lowest BCUT2D eigenvalue weighted by atomic mass is 10.4. The van der Waals surface area contributed by atoms with E-state index < -0.39 is 6.10 Å². The molecule has 7 heteroatoms. The topological polar surface area (TPSA) is 89.4 Å². The van der Waals surface area contributed by atoms with Gasteiger partial charge in [0.05, 0.1) is 13.2 Å². The second-order valence-corrected chi connectivity index (χ2v) is 3.20. The summed E-state index contributed by atoms with van der Waals surface area (Å²) < 4.78 is 0. The maximum absolute atomic E-state index is 8.17. The van der Waals surface area contributed by atoms with E-state index in [4.69, 9.17) is 15.3 Å². The van der Waals surface area contributed by atoms with E-state index in [2.05, 4.69) is 21.9 Å². The van der Waals surface area contributed by atoms with Crippen molar-refractivity contribution in [3.05, 3.63) is 12.3 Å². The number of nitrogens with zero attached hydrogens (tertiary/aromatic N) is 1. The molecule has 0 atom stereocenters. The Morgan fingerprint density at radius 3 is 2.31 bits per heavy atom. The molecule has 1 aromatic heterocycles. The summed E-state index contributed by atoms with van der Waals surface area (Å²) in [4.78, 5) is 0. The van der Waals surface area contributed by atoms with E-state index in [1.54, 1.807) is 6.20 Å². The van der Waals surface area contributed by atoms with Gasteiger partial charge in [-0.25, -0.2) is 0 Å².